The Balaban J connectivity index is 1.78. The van der Waals surface area contributed by atoms with Crippen LogP contribution in [-0.4, -0.2) is 18.3 Å². The van der Waals surface area contributed by atoms with E-state index in [1.807, 2.05) is 0 Å². The average Bonchev–Trinajstić information content (AvgIpc) is 2.70. The van der Waals surface area contributed by atoms with E-state index < -0.39 is 37.3 Å². The third kappa shape index (κ3) is 5.63. The van der Waals surface area contributed by atoms with E-state index in [1.165, 1.54) is 24.3 Å². The van der Waals surface area contributed by atoms with Crippen LogP contribution in [0.3, 0.4) is 0 Å². The van der Waals surface area contributed by atoms with Gasteiger partial charge in [-0.1, -0.05) is 35.0 Å². The maximum absolute atomic E-state index is 12.7. The molecule has 0 aliphatic carbocycles. The van der Waals surface area contributed by atoms with Crippen molar-refractivity contribution >= 4 is 56.4 Å². The first-order chi connectivity index (χ1) is 14.9. The molecule has 0 fully saturated rings. The number of non-ortho nitro benzene ring substituents is 1. The van der Waals surface area contributed by atoms with Crippen LogP contribution in [0.25, 0.3) is 0 Å². The third-order valence-electron chi connectivity index (χ3n) is 3.87. The van der Waals surface area contributed by atoms with Crippen molar-refractivity contribution < 1.29 is 26.5 Å². The number of nitro benzene ring substituents is 1. The Kier molecular flexibility index (Phi) is 6.89. The number of hydrogen-bond donors (Lipinski definition) is 1. The minimum Gasteiger partial charge on any atom is -0.280 e. The Morgan fingerprint density at radius 2 is 1.69 bits per heavy atom. The Bertz CT molecular complexity index is 1290. The fraction of sp³-hybridized carbons (Fsp3) is 0.0556. The van der Waals surface area contributed by atoms with Gasteiger partial charge in [0.15, 0.2) is 0 Å². The lowest BCUT2D eigenvalue weighted by atomic mass is 10.3. The summed E-state index contributed by atoms with van der Waals surface area (Å²) in [4.78, 5) is 13.9. The van der Waals surface area contributed by atoms with E-state index in [4.69, 9.17) is 23.2 Å². The first-order valence-electron chi connectivity index (χ1n) is 8.34. The summed E-state index contributed by atoms with van der Waals surface area (Å²) < 4.78 is 65.6. The highest BCUT2D eigenvalue weighted by atomic mass is 35.5. The zero-order valence-electron chi connectivity index (χ0n) is 15.4. The number of nitro groups is 1. The lowest BCUT2D eigenvalue weighted by Gasteiger charge is -2.11. The quantitative estimate of drug-likeness (QED) is 0.301. The molecule has 7 nitrogen and oxygen atoms in total. The van der Waals surface area contributed by atoms with Crippen molar-refractivity contribution in [1.82, 2.24) is 4.98 Å². The predicted octanol–water partition coefficient (Wildman–Crippen LogP) is 6.27. The van der Waals surface area contributed by atoms with Gasteiger partial charge in [-0.2, -0.15) is 13.2 Å². The number of nitrogens with one attached hydrogen (secondary N) is 1. The number of anilines is 1. The highest BCUT2D eigenvalue weighted by Gasteiger charge is 2.31. The standard InChI is InChI=1S/C18H10Cl2F3N3O4S2/c19-14-6-3-12(26(27)28)8-16(14)32(29,30)25-11-1-4-13(5-2-11)31-17-15(20)7-10(9-24-17)18(21,22)23/h1-9,25H. The van der Waals surface area contributed by atoms with Crippen LogP contribution < -0.4 is 4.72 Å². The zero-order chi connectivity index (χ0) is 23.7. The molecular formula is C18H10Cl2F3N3O4S2. The number of halogens is 5. The van der Waals surface area contributed by atoms with Crippen LogP contribution in [0.1, 0.15) is 5.56 Å². The number of benzene rings is 2. The molecule has 0 aliphatic rings. The number of aromatic nitrogens is 1. The van der Waals surface area contributed by atoms with Gasteiger partial charge >= 0.3 is 6.18 Å². The number of hydrogen-bond acceptors (Lipinski definition) is 6. The molecule has 0 spiro atoms. The minimum absolute atomic E-state index is 0.128. The molecule has 1 N–H and O–H groups in total. The van der Waals surface area contributed by atoms with Crippen LogP contribution in [0, 0.1) is 10.1 Å². The normalized spacial score (nSPS) is 11.9. The molecule has 0 atom stereocenters. The van der Waals surface area contributed by atoms with E-state index in [0.717, 1.165) is 36.0 Å². The zero-order valence-corrected chi connectivity index (χ0v) is 18.6. The van der Waals surface area contributed by atoms with Crippen molar-refractivity contribution in [2.75, 3.05) is 4.72 Å². The van der Waals surface area contributed by atoms with Gasteiger partial charge in [0.1, 0.15) is 9.92 Å². The van der Waals surface area contributed by atoms with E-state index in [9.17, 15) is 31.7 Å². The molecule has 0 amide bonds. The number of alkyl halides is 3. The second-order valence-electron chi connectivity index (χ2n) is 6.11. The lowest BCUT2D eigenvalue weighted by molar-refractivity contribution is -0.385. The highest BCUT2D eigenvalue weighted by Crippen LogP contribution is 2.36. The van der Waals surface area contributed by atoms with Crippen molar-refractivity contribution in [2.45, 2.75) is 21.0 Å². The van der Waals surface area contributed by atoms with Crippen molar-refractivity contribution in [3.8, 4) is 0 Å². The van der Waals surface area contributed by atoms with Gasteiger partial charge in [-0.25, -0.2) is 13.4 Å². The van der Waals surface area contributed by atoms with Crippen molar-refractivity contribution in [1.29, 1.82) is 0 Å². The SMILES string of the molecule is O=[N+]([O-])c1ccc(Cl)c(S(=O)(=O)Nc2ccc(Sc3ncc(C(F)(F)F)cc3Cl)cc2)c1. The molecule has 3 rings (SSSR count). The third-order valence-corrected chi connectivity index (χ3v) is 7.16. The number of nitrogens with zero attached hydrogens (tertiary/aromatic N) is 2. The molecule has 0 saturated heterocycles. The molecule has 3 aromatic rings. The predicted molar refractivity (Wildman–Crippen MR) is 114 cm³/mol. The van der Waals surface area contributed by atoms with Gasteiger partial charge in [0.05, 0.1) is 20.5 Å². The van der Waals surface area contributed by atoms with Crippen LogP contribution in [0.2, 0.25) is 10.0 Å². The molecule has 0 aliphatic heterocycles. The molecule has 1 aromatic heterocycles. The summed E-state index contributed by atoms with van der Waals surface area (Å²) in [5.41, 5.74) is -1.29. The summed E-state index contributed by atoms with van der Waals surface area (Å²) in [6.45, 7) is 0. The molecular weight excluding hydrogens is 514 g/mol. The van der Waals surface area contributed by atoms with E-state index in [-0.39, 0.29) is 20.8 Å². The molecule has 0 radical (unpaired) electrons. The maximum Gasteiger partial charge on any atom is 0.417 e. The van der Waals surface area contributed by atoms with Gasteiger partial charge in [-0.15, -0.1) is 0 Å². The van der Waals surface area contributed by atoms with E-state index in [2.05, 4.69) is 9.71 Å². The molecule has 0 bridgehead atoms. The lowest BCUT2D eigenvalue weighted by Crippen LogP contribution is -2.13. The van der Waals surface area contributed by atoms with Crippen molar-refractivity contribution in [2.24, 2.45) is 0 Å². The maximum atomic E-state index is 12.7. The van der Waals surface area contributed by atoms with Crippen LogP contribution in [-0.2, 0) is 16.2 Å². The number of rotatable bonds is 6. The second-order valence-corrected chi connectivity index (χ2v) is 9.64. The van der Waals surface area contributed by atoms with Gasteiger partial charge in [0, 0.05) is 28.9 Å². The van der Waals surface area contributed by atoms with Gasteiger partial charge in [0.25, 0.3) is 15.7 Å². The fourth-order valence-corrected chi connectivity index (χ4v) is 5.00. The first-order valence-corrected chi connectivity index (χ1v) is 11.4. The van der Waals surface area contributed by atoms with Crippen LogP contribution >= 0.6 is 35.0 Å². The second kappa shape index (κ2) is 9.14. The van der Waals surface area contributed by atoms with Gasteiger partial charge in [-0.05, 0) is 36.4 Å². The van der Waals surface area contributed by atoms with Crippen molar-refractivity contribution in [3.63, 3.8) is 0 Å². The van der Waals surface area contributed by atoms with Gasteiger partial charge < -0.3 is 0 Å². The summed E-state index contributed by atoms with van der Waals surface area (Å²) in [5, 5.41) is 10.7. The van der Waals surface area contributed by atoms with Crippen LogP contribution in [0.4, 0.5) is 24.5 Å². The molecule has 1 heterocycles. The summed E-state index contributed by atoms with van der Waals surface area (Å²) in [5.74, 6) is 0. The van der Waals surface area contributed by atoms with Gasteiger partial charge in [-0.3, -0.25) is 14.8 Å². The van der Waals surface area contributed by atoms with E-state index in [1.54, 1.807) is 0 Å². The fourth-order valence-electron chi connectivity index (χ4n) is 2.38. The number of pyridine rings is 1. The highest BCUT2D eigenvalue weighted by molar-refractivity contribution is 7.99. The Hall–Kier alpha value is -2.54. The molecule has 0 saturated carbocycles. The molecule has 32 heavy (non-hydrogen) atoms. The smallest absolute Gasteiger partial charge is 0.280 e. The Morgan fingerprint density at radius 1 is 1.03 bits per heavy atom. The largest absolute Gasteiger partial charge is 0.417 e. The number of sulfonamides is 1. The molecule has 0 unspecified atom stereocenters. The van der Waals surface area contributed by atoms with Gasteiger partial charge in [0.2, 0.25) is 0 Å². The average molecular weight is 524 g/mol. The summed E-state index contributed by atoms with van der Waals surface area (Å²) in [7, 11) is -4.23. The summed E-state index contributed by atoms with van der Waals surface area (Å²) in [6.07, 6.45) is -3.90. The summed E-state index contributed by atoms with van der Waals surface area (Å²) in [6, 6.07) is 9.56. The Labute approximate surface area is 193 Å². The molecule has 14 heteroatoms. The van der Waals surface area contributed by atoms with Crippen LogP contribution in [0.15, 0.2) is 69.5 Å². The van der Waals surface area contributed by atoms with Crippen molar-refractivity contribution in [3.05, 3.63) is 80.5 Å². The topological polar surface area (TPSA) is 102 Å². The molecule has 168 valence electrons. The summed E-state index contributed by atoms with van der Waals surface area (Å²) >= 11 is 12.8. The first kappa shape index (κ1) is 24.1. The molecule has 2 aromatic carbocycles. The van der Waals surface area contributed by atoms with E-state index in [0.29, 0.717) is 11.1 Å². The van der Waals surface area contributed by atoms with Crippen LogP contribution in [0.5, 0.6) is 0 Å². The van der Waals surface area contributed by atoms with E-state index >= 15 is 0 Å². The minimum atomic E-state index is -4.57. The Morgan fingerprint density at radius 3 is 2.25 bits per heavy atom. The monoisotopic (exact) mass is 523 g/mol.